The number of halogens is 1. The first-order chi connectivity index (χ1) is 7.68. The third-order valence-electron chi connectivity index (χ3n) is 2.60. The Hall–Kier alpha value is -1.84. The van der Waals surface area contributed by atoms with Crippen molar-refractivity contribution < 1.29 is 14.3 Å². The third kappa shape index (κ3) is 2.05. The molecule has 0 fully saturated rings. The van der Waals surface area contributed by atoms with Crippen LogP contribution < -0.4 is 5.32 Å². The van der Waals surface area contributed by atoms with Crippen molar-refractivity contribution in [2.24, 2.45) is 0 Å². The summed E-state index contributed by atoms with van der Waals surface area (Å²) < 4.78 is 13.5. The van der Waals surface area contributed by atoms with Crippen molar-refractivity contribution in [2.75, 3.05) is 5.32 Å². The number of benzene rings is 1. The Labute approximate surface area is 92.6 Å². The fourth-order valence-corrected chi connectivity index (χ4v) is 1.79. The molecule has 4 heteroatoms. The van der Waals surface area contributed by atoms with E-state index in [1.54, 1.807) is 0 Å². The van der Waals surface area contributed by atoms with Crippen molar-refractivity contribution in [2.45, 2.75) is 18.9 Å². The summed E-state index contributed by atoms with van der Waals surface area (Å²) in [7, 11) is 0. The van der Waals surface area contributed by atoms with E-state index in [1.807, 2.05) is 12.2 Å². The highest BCUT2D eigenvalue weighted by molar-refractivity contribution is 5.94. The Morgan fingerprint density at radius 1 is 1.38 bits per heavy atom. The minimum Gasteiger partial charge on any atom is -0.478 e. The molecule has 0 unspecified atom stereocenters. The predicted molar refractivity (Wildman–Crippen MR) is 59.1 cm³/mol. The molecule has 0 spiro atoms. The van der Waals surface area contributed by atoms with E-state index in [9.17, 15) is 9.18 Å². The molecule has 1 aliphatic rings. The maximum absolute atomic E-state index is 13.5. The molecule has 1 aliphatic carbocycles. The lowest BCUT2D eigenvalue weighted by molar-refractivity contribution is 0.0697. The quantitative estimate of drug-likeness (QED) is 0.771. The summed E-state index contributed by atoms with van der Waals surface area (Å²) in [6, 6.07) is 4.15. The number of rotatable bonds is 3. The van der Waals surface area contributed by atoms with Gasteiger partial charge in [0.25, 0.3) is 0 Å². The molecule has 16 heavy (non-hydrogen) atoms. The van der Waals surface area contributed by atoms with Gasteiger partial charge in [0.15, 0.2) is 0 Å². The van der Waals surface area contributed by atoms with E-state index in [-0.39, 0.29) is 17.3 Å². The van der Waals surface area contributed by atoms with Crippen molar-refractivity contribution in [3.05, 3.63) is 41.7 Å². The largest absolute Gasteiger partial charge is 0.478 e. The molecule has 0 saturated heterocycles. The van der Waals surface area contributed by atoms with Crippen LogP contribution in [0.1, 0.15) is 23.2 Å². The first-order valence-corrected chi connectivity index (χ1v) is 5.12. The summed E-state index contributed by atoms with van der Waals surface area (Å²) >= 11 is 0. The second kappa shape index (κ2) is 4.35. The Bertz CT molecular complexity index is 435. The summed E-state index contributed by atoms with van der Waals surface area (Å²) in [6.07, 6.45) is 5.60. The lowest BCUT2D eigenvalue weighted by Crippen LogP contribution is -2.18. The lowest BCUT2D eigenvalue weighted by Gasteiger charge is -2.16. The van der Waals surface area contributed by atoms with E-state index < -0.39 is 11.8 Å². The fourth-order valence-electron chi connectivity index (χ4n) is 1.79. The molecule has 1 aromatic carbocycles. The Balaban J connectivity index is 2.27. The van der Waals surface area contributed by atoms with Gasteiger partial charge < -0.3 is 10.4 Å². The van der Waals surface area contributed by atoms with Crippen molar-refractivity contribution in [1.29, 1.82) is 0 Å². The molecule has 0 heterocycles. The number of hydrogen-bond donors (Lipinski definition) is 2. The third-order valence-corrected chi connectivity index (χ3v) is 2.60. The van der Waals surface area contributed by atoms with Gasteiger partial charge in [-0.2, -0.15) is 0 Å². The fraction of sp³-hybridized carbons (Fsp3) is 0.250. The number of carboxylic acids is 1. The Morgan fingerprint density at radius 2 is 2.06 bits per heavy atom. The summed E-state index contributed by atoms with van der Waals surface area (Å²) in [5.41, 5.74) is 0.0654. The monoisotopic (exact) mass is 221 g/mol. The van der Waals surface area contributed by atoms with Crippen LogP contribution in [-0.4, -0.2) is 17.1 Å². The number of carboxylic acid groups (broad SMARTS) is 1. The number of aromatic carboxylic acids is 1. The van der Waals surface area contributed by atoms with Gasteiger partial charge in [-0.25, -0.2) is 9.18 Å². The van der Waals surface area contributed by atoms with Crippen LogP contribution in [0.4, 0.5) is 10.1 Å². The molecule has 0 aromatic heterocycles. The topological polar surface area (TPSA) is 49.3 Å². The molecule has 0 radical (unpaired) electrons. The van der Waals surface area contributed by atoms with Gasteiger partial charge in [-0.1, -0.05) is 18.2 Å². The first-order valence-electron chi connectivity index (χ1n) is 5.12. The average Bonchev–Trinajstić information content (AvgIpc) is 2.73. The Morgan fingerprint density at radius 3 is 2.69 bits per heavy atom. The van der Waals surface area contributed by atoms with Gasteiger partial charge in [0.05, 0.1) is 11.3 Å². The second-order valence-corrected chi connectivity index (χ2v) is 3.75. The number of nitrogens with one attached hydrogen (secondary N) is 1. The molecule has 2 rings (SSSR count). The van der Waals surface area contributed by atoms with E-state index >= 15 is 0 Å². The van der Waals surface area contributed by atoms with Crippen LogP contribution in [0, 0.1) is 5.82 Å². The van der Waals surface area contributed by atoms with E-state index in [4.69, 9.17) is 5.11 Å². The van der Waals surface area contributed by atoms with Crippen molar-refractivity contribution in [1.82, 2.24) is 0 Å². The van der Waals surface area contributed by atoms with Crippen LogP contribution in [0.15, 0.2) is 30.4 Å². The molecule has 2 N–H and O–H groups in total. The van der Waals surface area contributed by atoms with Gasteiger partial charge in [-0.3, -0.25) is 0 Å². The molecular weight excluding hydrogens is 209 g/mol. The molecule has 0 atom stereocenters. The maximum atomic E-state index is 13.5. The average molecular weight is 221 g/mol. The van der Waals surface area contributed by atoms with Crippen LogP contribution in [0.5, 0.6) is 0 Å². The summed E-state index contributed by atoms with van der Waals surface area (Å²) in [6.45, 7) is 0. The van der Waals surface area contributed by atoms with Gasteiger partial charge in [-0.05, 0) is 25.0 Å². The molecule has 0 saturated carbocycles. The maximum Gasteiger partial charge on any atom is 0.337 e. The van der Waals surface area contributed by atoms with Crippen LogP contribution >= 0.6 is 0 Å². The zero-order valence-electron chi connectivity index (χ0n) is 8.61. The van der Waals surface area contributed by atoms with Crippen LogP contribution in [-0.2, 0) is 0 Å². The van der Waals surface area contributed by atoms with Crippen molar-refractivity contribution in [3.8, 4) is 0 Å². The van der Waals surface area contributed by atoms with Gasteiger partial charge in [0, 0.05) is 6.04 Å². The molecule has 0 bridgehead atoms. The minimum atomic E-state index is -1.12. The summed E-state index contributed by atoms with van der Waals surface area (Å²) in [5, 5.41) is 11.9. The van der Waals surface area contributed by atoms with Crippen LogP contribution in [0.2, 0.25) is 0 Å². The highest BCUT2D eigenvalue weighted by Crippen LogP contribution is 2.23. The number of hydrogen-bond acceptors (Lipinski definition) is 2. The van der Waals surface area contributed by atoms with E-state index in [1.165, 1.54) is 18.2 Å². The SMILES string of the molecule is O=C(O)c1cccc(F)c1NC1CC=CC1. The molecule has 3 nitrogen and oxygen atoms in total. The minimum absolute atomic E-state index is 0.0214. The molecule has 0 amide bonds. The second-order valence-electron chi connectivity index (χ2n) is 3.75. The van der Waals surface area contributed by atoms with Crippen molar-refractivity contribution in [3.63, 3.8) is 0 Å². The highest BCUT2D eigenvalue weighted by Gasteiger charge is 2.18. The van der Waals surface area contributed by atoms with E-state index in [0.29, 0.717) is 0 Å². The van der Waals surface area contributed by atoms with E-state index in [0.717, 1.165) is 12.8 Å². The summed E-state index contributed by atoms with van der Waals surface area (Å²) in [4.78, 5) is 10.9. The molecule has 84 valence electrons. The van der Waals surface area contributed by atoms with Crippen molar-refractivity contribution >= 4 is 11.7 Å². The standard InChI is InChI=1S/C12H12FNO2/c13-10-7-3-6-9(12(15)16)11(10)14-8-4-1-2-5-8/h1-3,6-8,14H,4-5H2,(H,15,16). The van der Waals surface area contributed by atoms with Gasteiger partial charge in [0.2, 0.25) is 0 Å². The smallest absolute Gasteiger partial charge is 0.337 e. The zero-order valence-corrected chi connectivity index (χ0v) is 8.61. The predicted octanol–water partition coefficient (Wildman–Crippen LogP) is 2.65. The van der Waals surface area contributed by atoms with Gasteiger partial charge in [0.1, 0.15) is 5.82 Å². The number of carbonyl (C=O) groups is 1. The number of para-hydroxylation sites is 1. The van der Waals surface area contributed by atoms with Crippen LogP contribution in [0.3, 0.4) is 0 Å². The highest BCUT2D eigenvalue weighted by atomic mass is 19.1. The summed E-state index contributed by atoms with van der Waals surface area (Å²) in [5.74, 6) is -1.64. The Kier molecular flexibility index (Phi) is 2.90. The molecule has 1 aromatic rings. The van der Waals surface area contributed by atoms with E-state index in [2.05, 4.69) is 5.32 Å². The number of anilines is 1. The first kappa shape index (κ1) is 10.7. The normalized spacial score (nSPS) is 15.3. The van der Waals surface area contributed by atoms with Crippen LogP contribution in [0.25, 0.3) is 0 Å². The lowest BCUT2D eigenvalue weighted by atomic mass is 10.1. The van der Waals surface area contributed by atoms with Gasteiger partial charge in [-0.15, -0.1) is 0 Å². The zero-order chi connectivity index (χ0) is 11.5. The molecular formula is C12H12FNO2. The molecule has 0 aliphatic heterocycles. The van der Waals surface area contributed by atoms with Gasteiger partial charge >= 0.3 is 5.97 Å².